The summed E-state index contributed by atoms with van der Waals surface area (Å²) in [4.78, 5) is 32.7. The Morgan fingerprint density at radius 1 is 0.949 bits per heavy atom. The standard InChI is InChI=1S/C30H35NO5.CH2O2/c1-5-35-27(29(33)34)19-23-13-16-26(24(18-23)17-21-9-7-6-8-10-21)36-28(32)20-22-11-14-25(15-12-22)31-30(2,3)4;2-1-3/h6-16,18,27,31H,5,17,19-20H2,1-4H3,(H,33,34);1H,(H,2,3). The van der Waals surface area contributed by atoms with E-state index in [2.05, 4.69) is 26.1 Å². The molecule has 0 aliphatic carbocycles. The lowest BCUT2D eigenvalue weighted by Crippen LogP contribution is -2.26. The molecule has 3 aromatic carbocycles. The molecule has 0 fully saturated rings. The van der Waals surface area contributed by atoms with E-state index in [1.807, 2.05) is 60.7 Å². The van der Waals surface area contributed by atoms with Crippen LogP contribution in [-0.2, 0) is 38.4 Å². The van der Waals surface area contributed by atoms with Crippen molar-refractivity contribution in [2.45, 2.75) is 58.6 Å². The quantitative estimate of drug-likeness (QED) is 0.170. The highest BCUT2D eigenvalue weighted by atomic mass is 16.5. The van der Waals surface area contributed by atoms with Crippen LogP contribution in [-0.4, -0.2) is 46.9 Å². The van der Waals surface area contributed by atoms with E-state index >= 15 is 0 Å². The van der Waals surface area contributed by atoms with Crippen LogP contribution in [0.15, 0.2) is 72.8 Å². The Morgan fingerprint density at radius 2 is 1.56 bits per heavy atom. The van der Waals surface area contributed by atoms with Crippen LogP contribution in [0.5, 0.6) is 5.75 Å². The summed E-state index contributed by atoms with van der Waals surface area (Å²) < 4.78 is 11.2. The molecule has 1 unspecified atom stereocenters. The van der Waals surface area contributed by atoms with Crippen molar-refractivity contribution < 1.29 is 34.1 Å². The number of carboxylic acid groups (broad SMARTS) is 2. The van der Waals surface area contributed by atoms with Gasteiger partial charge in [0.05, 0.1) is 6.42 Å². The number of hydrogen-bond donors (Lipinski definition) is 3. The Labute approximate surface area is 229 Å². The van der Waals surface area contributed by atoms with Crippen LogP contribution in [0.1, 0.15) is 49.9 Å². The smallest absolute Gasteiger partial charge is 0.333 e. The van der Waals surface area contributed by atoms with Crippen molar-refractivity contribution in [1.82, 2.24) is 0 Å². The fourth-order valence-electron chi connectivity index (χ4n) is 3.91. The van der Waals surface area contributed by atoms with Crippen LogP contribution >= 0.6 is 0 Å². The zero-order chi connectivity index (χ0) is 28.8. The van der Waals surface area contributed by atoms with Gasteiger partial charge in [-0.25, -0.2) is 4.79 Å². The van der Waals surface area contributed by atoms with Gasteiger partial charge in [-0.3, -0.25) is 9.59 Å². The van der Waals surface area contributed by atoms with Crippen molar-refractivity contribution in [1.29, 1.82) is 0 Å². The zero-order valence-corrected chi connectivity index (χ0v) is 22.8. The third kappa shape index (κ3) is 11.4. The van der Waals surface area contributed by atoms with Gasteiger partial charge in [-0.05, 0) is 68.1 Å². The molecule has 3 aromatic rings. The van der Waals surface area contributed by atoms with Crippen molar-refractivity contribution in [2.75, 3.05) is 11.9 Å². The number of ether oxygens (including phenoxy) is 2. The molecule has 0 aliphatic rings. The topological polar surface area (TPSA) is 122 Å². The second kappa shape index (κ2) is 15.3. The molecular formula is C31H37NO7. The summed E-state index contributed by atoms with van der Waals surface area (Å²) in [5.41, 5.74) is 4.50. The van der Waals surface area contributed by atoms with Crippen LogP contribution < -0.4 is 10.1 Å². The molecule has 0 saturated carbocycles. The van der Waals surface area contributed by atoms with E-state index in [4.69, 9.17) is 19.4 Å². The number of aliphatic carboxylic acids is 1. The summed E-state index contributed by atoms with van der Waals surface area (Å²) in [5, 5.41) is 19.8. The first kappa shape index (κ1) is 31.1. The van der Waals surface area contributed by atoms with E-state index in [1.54, 1.807) is 19.1 Å². The summed E-state index contributed by atoms with van der Waals surface area (Å²) in [7, 11) is 0. The Hall–Kier alpha value is -4.17. The highest BCUT2D eigenvalue weighted by molar-refractivity contribution is 5.76. The Bertz CT molecular complexity index is 1200. The third-order valence-electron chi connectivity index (χ3n) is 5.47. The van der Waals surface area contributed by atoms with E-state index < -0.39 is 12.1 Å². The number of carboxylic acids is 1. The number of benzene rings is 3. The molecule has 0 aliphatic heterocycles. The summed E-state index contributed by atoms with van der Waals surface area (Å²) >= 11 is 0. The van der Waals surface area contributed by atoms with Gasteiger partial charge >= 0.3 is 11.9 Å². The van der Waals surface area contributed by atoms with Crippen LogP contribution in [0.2, 0.25) is 0 Å². The van der Waals surface area contributed by atoms with Gasteiger partial charge in [-0.15, -0.1) is 0 Å². The predicted octanol–water partition coefficient (Wildman–Crippen LogP) is 5.37. The van der Waals surface area contributed by atoms with Crippen molar-refractivity contribution >= 4 is 24.1 Å². The molecule has 3 rings (SSSR count). The number of esters is 1. The molecule has 0 heterocycles. The van der Waals surface area contributed by atoms with E-state index in [9.17, 15) is 14.7 Å². The molecule has 208 valence electrons. The van der Waals surface area contributed by atoms with Crippen molar-refractivity contribution in [2.24, 2.45) is 0 Å². The average Bonchev–Trinajstić information content (AvgIpc) is 2.87. The molecule has 8 heteroatoms. The first-order valence-corrected chi connectivity index (χ1v) is 12.7. The minimum absolute atomic E-state index is 0.0467. The average molecular weight is 536 g/mol. The Morgan fingerprint density at radius 3 is 2.13 bits per heavy atom. The highest BCUT2D eigenvalue weighted by Crippen LogP contribution is 2.25. The molecular weight excluding hydrogens is 498 g/mol. The molecule has 0 spiro atoms. The number of hydrogen-bond acceptors (Lipinski definition) is 6. The van der Waals surface area contributed by atoms with E-state index in [1.165, 1.54) is 0 Å². The van der Waals surface area contributed by atoms with E-state index in [0.29, 0.717) is 18.8 Å². The van der Waals surface area contributed by atoms with E-state index in [-0.39, 0.29) is 30.8 Å². The van der Waals surface area contributed by atoms with Crippen molar-refractivity contribution in [3.63, 3.8) is 0 Å². The lowest BCUT2D eigenvalue weighted by Gasteiger charge is -2.22. The van der Waals surface area contributed by atoms with Crippen molar-refractivity contribution in [3.8, 4) is 5.75 Å². The van der Waals surface area contributed by atoms with Gasteiger partial charge in [0.1, 0.15) is 5.75 Å². The number of nitrogens with one attached hydrogen (secondary N) is 1. The predicted molar refractivity (Wildman–Crippen MR) is 150 cm³/mol. The number of carbonyl (C=O) groups is 3. The maximum Gasteiger partial charge on any atom is 0.333 e. The summed E-state index contributed by atoms with van der Waals surface area (Å²) in [6.07, 6.45) is 0.00218. The Kier molecular flexibility index (Phi) is 12.2. The molecule has 3 N–H and O–H groups in total. The van der Waals surface area contributed by atoms with E-state index in [0.717, 1.165) is 27.9 Å². The Balaban J connectivity index is 0.00000170. The van der Waals surface area contributed by atoms with Crippen LogP contribution in [0, 0.1) is 0 Å². The molecule has 0 radical (unpaired) electrons. The molecule has 0 amide bonds. The third-order valence-corrected chi connectivity index (χ3v) is 5.47. The maximum atomic E-state index is 12.8. The van der Waals surface area contributed by atoms with Crippen LogP contribution in [0.3, 0.4) is 0 Å². The molecule has 39 heavy (non-hydrogen) atoms. The molecule has 0 saturated heterocycles. The first-order valence-electron chi connectivity index (χ1n) is 12.7. The zero-order valence-electron chi connectivity index (χ0n) is 22.8. The molecule has 0 bridgehead atoms. The van der Waals surface area contributed by atoms with Gasteiger partial charge < -0.3 is 25.0 Å². The first-order chi connectivity index (χ1) is 18.5. The lowest BCUT2D eigenvalue weighted by molar-refractivity contribution is -0.150. The fourth-order valence-corrected chi connectivity index (χ4v) is 3.91. The van der Waals surface area contributed by atoms with Crippen molar-refractivity contribution in [3.05, 3.63) is 95.1 Å². The minimum atomic E-state index is -0.999. The van der Waals surface area contributed by atoms with Gasteiger partial charge in [-0.1, -0.05) is 54.6 Å². The summed E-state index contributed by atoms with van der Waals surface area (Å²) in [6.45, 7) is 8.12. The normalized spacial score (nSPS) is 11.5. The van der Waals surface area contributed by atoms with Gasteiger partial charge in [0, 0.05) is 30.7 Å². The minimum Gasteiger partial charge on any atom is -0.483 e. The highest BCUT2D eigenvalue weighted by Gasteiger charge is 2.20. The maximum absolute atomic E-state index is 12.8. The number of anilines is 1. The van der Waals surface area contributed by atoms with Gasteiger partial charge in [0.25, 0.3) is 6.47 Å². The van der Waals surface area contributed by atoms with Crippen LogP contribution in [0.4, 0.5) is 5.69 Å². The molecule has 1 atom stereocenters. The van der Waals surface area contributed by atoms with Crippen LogP contribution in [0.25, 0.3) is 0 Å². The van der Waals surface area contributed by atoms with Gasteiger partial charge in [-0.2, -0.15) is 0 Å². The number of carbonyl (C=O) groups excluding carboxylic acids is 1. The van der Waals surface area contributed by atoms with Gasteiger partial charge in [0.2, 0.25) is 0 Å². The second-order valence-corrected chi connectivity index (χ2v) is 9.92. The molecule has 8 nitrogen and oxygen atoms in total. The largest absolute Gasteiger partial charge is 0.483 e. The second-order valence-electron chi connectivity index (χ2n) is 9.92. The summed E-state index contributed by atoms with van der Waals surface area (Å²) in [5.74, 6) is -0.881. The summed E-state index contributed by atoms with van der Waals surface area (Å²) in [6, 6.07) is 23.1. The van der Waals surface area contributed by atoms with Gasteiger partial charge in [0.15, 0.2) is 6.10 Å². The fraction of sp³-hybridized carbons (Fsp3) is 0.323. The molecule has 0 aromatic heterocycles. The monoisotopic (exact) mass is 535 g/mol. The number of rotatable bonds is 11. The lowest BCUT2D eigenvalue weighted by atomic mass is 9.99. The SMILES string of the molecule is CCOC(Cc1ccc(OC(=O)Cc2ccc(NC(C)(C)C)cc2)c(Cc2ccccc2)c1)C(=O)O.O=CO.